The molecule has 0 saturated carbocycles. The van der Waals surface area contributed by atoms with Crippen molar-refractivity contribution in [3.8, 4) is 0 Å². The quantitative estimate of drug-likeness (QED) is 0.848. The van der Waals surface area contributed by atoms with Gasteiger partial charge in [-0.1, -0.05) is 17.8 Å². The normalized spacial score (nSPS) is 14.8. The third-order valence-corrected chi connectivity index (χ3v) is 4.40. The summed E-state index contributed by atoms with van der Waals surface area (Å²) in [5.74, 6) is -0.0238. The lowest BCUT2D eigenvalue weighted by molar-refractivity contribution is -0.115. The zero-order chi connectivity index (χ0) is 13.9. The van der Waals surface area contributed by atoms with Crippen LogP contribution in [0.3, 0.4) is 0 Å². The predicted molar refractivity (Wildman–Crippen MR) is 78.8 cm³/mol. The number of rotatable bonds is 4. The smallest absolute Gasteiger partial charge is 0.237 e. The van der Waals surface area contributed by atoms with Crippen LogP contribution in [0.15, 0.2) is 29.7 Å². The first-order chi connectivity index (χ1) is 9.72. The van der Waals surface area contributed by atoms with Crippen LogP contribution in [0.5, 0.6) is 0 Å². The van der Waals surface area contributed by atoms with Crippen LogP contribution in [0.25, 0.3) is 0 Å². The molecule has 0 fully saturated rings. The van der Waals surface area contributed by atoms with E-state index in [2.05, 4.69) is 32.6 Å². The molecule has 0 saturated heterocycles. The van der Waals surface area contributed by atoms with Crippen molar-refractivity contribution in [3.05, 3.63) is 35.7 Å². The Bertz CT molecular complexity index is 612. The Hall–Kier alpha value is -1.82. The molecule has 0 radical (unpaired) electrons. The molecule has 1 aliphatic rings. The predicted octanol–water partition coefficient (Wildman–Crippen LogP) is 2.41. The molecule has 1 aromatic heterocycles. The lowest BCUT2D eigenvalue weighted by Crippen LogP contribution is -2.22. The van der Waals surface area contributed by atoms with E-state index in [0.29, 0.717) is 5.16 Å². The molecule has 1 amide bonds. The number of thioether (sulfide) groups is 1. The molecule has 1 atom stereocenters. The van der Waals surface area contributed by atoms with Crippen LogP contribution >= 0.6 is 11.8 Å². The average molecular weight is 288 g/mol. The van der Waals surface area contributed by atoms with Crippen molar-refractivity contribution in [2.24, 2.45) is 0 Å². The maximum atomic E-state index is 12.1. The molecule has 0 spiro atoms. The van der Waals surface area contributed by atoms with Gasteiger partial charge >= 0.3 is 0 Å². The number of aromatic nitrogens is 3. The first-order valence-corrected chi connectivity index (χ1v) is 7.55. The third-order valence-electron chi connectivity index (χ3n) is 3.42. The van der Waals surface area contributed by atoms with Gasteiger partial charge in [0.1, 0.15) is 6.33 Å². The number of H-pyrrole nitrogens is 1. The molecule has 0 unspecified atom stereocenters. The number of aryl methyl sites for hydroxylation is 2. The molecule has 3 rings (SSSR count). The van der Waals surface area contributed by atoms with Crippen molar-refractivity contribution in [3.63, 3.8) is 0 Å². The van der Waals surface area contributed by atoms with Crippen molar-refractivity contribution in [1.29, 1.82) is 0 Å². The van der Waals surface area contributed by atoms with Crippen molar-refractivity contribution in [2.45, 2.75) is 36.6 Å². The van der Waals surface area contributed by atoms with Gasteiger partial charge < -0.3 is 5.32 Å². The second-order valence-corrected chi connectivity index (χ2v) is 6.21. The van der Waals surface area contributed by atoms with Crippen LogP contribution in [-0.4, -0.2) is 26.3 Å². The van der Waals surface area contributed by atoms with Gasteiger partial charge in [0.2, 0.25) is 5.91 Å². The van der Waals surface area contributed by atoms with E-state index >= 15 is 0 Å². The monoisotopic (exact) mass is 288 g/mol. The Balaban J connectivity index is 1.63. The molecule has 1 aliphatic carbocycles. The van der Waals surface area contributed by atoms with Crippen molar-refractivity contribution < 1.29 is 4.79 Å². The highest BCUT2D eigenvalue weighted by Gasteiger charge is 2.17. The zero-order valence-corrected chi connectivity index (χ0v) is 12.0. The molecule has 20 heavy (non-hydrogen) atoms. The van der Waals surface area contributed by atoms with E-state index in [1.807, 2.05) is 13.0 Å². The van der Waals surface area contributed by atoms with E-state index in [0.717, 1.165) is 18.5 Å². The Morgan fingerprint density at radius 3 is 3.05 bits per heavy atom. The molecule has 1 aromatic carbocycles. The summed E-state index contributed by atoms with van der Waals surface area (Å²) in [6.45, 7) is 1.86. The summed E-state index contributed by atoms with van der Waals surface area (Å²) in [7, 11) is 0. The number of carbonyl (C=O) groups is 1. The van der Waals surface area contributed by atoms with Gasteiger partial charge in [-0.05, 0) is 49.4 Å². The highest BCUT2D eigenvalue weighted by Crippen LogP contribution is 2.26. The van der Waals surface area contributed by atoms with Crippen LogP contribution in [0.4, 0.5) is 5.69 Å². The average Bonchev–Trinajstić information content (AvgIpc) is 3.08. The standard InChI is InChI=1S/C14H16N4OS/c1-9(20-14-15-8-16-18-14)13(19)17-12-6-5-10-3-2-4-11(10)7-12/h5-9H,2-4H2,1H3,(H,17,19)(H,15,16,18)/t9-/m0/s1. The minimum absolute atomic E-state index is 0.0238. The van der Waals surface area contributed by atoms with Crippen LogP contribution in [0.2, 0.25) is 0 Å². The SMILES string of the molecule is C[C@H](Sc1ncn[nH]1)C(=O)Nc1ccc2c(c1)CCC2. The summed E-state index contributed by atoms with van der Waals surface area (Å²) in [5, 5.41) is 9.90. The minimum atomic E-state index is -0.226. The molecule has 5 nitrogen and oxygen atoms in total. The topological polar surface area (TPSA) is 70.7 Å². The fraction of sp³-hybridized carbons (Fsp3) is 0.357. The minimum Gasteiger partial charge on any atom is -0.325 e. The van der Waals surface area contributed by atoms with E-state index in [4.69, 9.17) is 0 Å². The van der Waals surface area contributed by atoms with E-state index in [1.165, 1.54) is 35.6 Å². The van der Waals surface area contributed by atoms with E-state index in [1.54, 1.807) is 0 Å². The Morgan fingerprint density at radius 2 is 2.25 bits per heavy atom. The van der Waals surface area contributed by atoms with Crippen LogP contribution in [0, 0.1) is 0 Å². The Kier molecular flexibility index (Phi) is 3.73. The Labute approximate surface area is 121 Å². The van der Waals surface area contributed by atoms with E-state index < -0.39 is 0 Å². The number of benzene rings is 1. The summed E-state index contributed by atoms with van der Waals surface area (Å²) in [4.78, 5) is 16.2. The van der Waals surface area contributed by atoms with Gasteiger partial charge in [-0.25, -0.2) is 4.98 Å². The largest absolute Gasteiger partial charge is 0.325 e. The van der Waals surface area contributed by atoms with Gasteiger partial charge in [-0.15, -0.1) is 0 Å². The van der Waals surface area contributed by atoms with Gasteiger partial charge in [-0.3, -0.25) is 9.89 Å². The second-order valence-electron chi connectivity index (χ2n) is 4.88. The summed E-state index contributed by atoms with van der Waals surface area (Å²) < 4.78 is 0. The number of fused-ring (bicyclic) bond motifs is 1. The van der Waals surface area contributed by atoms with Gasteiger partial charge in [0, 0.05) is 5.69 Å². The third kappa shape index (κ3) is 2.85. The van der Waals surface area contributed by atoms with Gasteiger partial charge in [0.25, 0.3) is 0 Å². The van der Waals surface area contributed by atoms with Gasteiger partial charge in [-0.2, -0.15) is 5.10 Å². The highest BCUT2D eigenvalue weighted by molar-refractivity contribution is 8.00. The first-order valence-electron chi connectivity index (χ1n) is 6.67. The molecule has 1 heterocycles. The second kappa shape index (κ2) is 5.66. The summed E-state index contributed by atoms with van der Waals surface area (Å²) in [6, 6.07) is 6.19. The highest BCUT2D eigenvalue weighted by atomic mass is 32.2. The molecule has 0 bridgehead atoms. The van der Waals surface area contributed by atoms with Crippen LogP contribution < -0.4 is 5.32 Å². The number of hydrogen-bond acceptors (Lipinski definition) is 4. The van der Waals surface area contributed by atoms with Crippen molar-refractivity contribution >= 4 is 23.4 Å². The number of aromatic amines is 1. The number of nitrogens with zero attached hydrogens (tertiary/aromatic N) is 2. The van der Waals surface area contributed by atoms with Crippen LogP contribution in [0.1, 0.15) is 24.5 Å². The summed E-state index contributed by atoms with van der Waals surface area (Å²) >= 11 is 1.36. The fourth-order valence-electron chi connectivity index (χ4n) is 2.37. The number of amides is 1. The van der Waals surface area contributed by atoms with Crippen molar-refractivity contribution in [1.82, 2.24) is 15.2 Å². The van der Waals surface area contributed by atoms with Gasteiger partial charge in [0.15, 0.2) is 5.16 Å². The van der Waals surface area contributed by atoms with Crippen LogP contribution in [-0.2, 0) is 17.6 Å². The summed E-state index contributed by atoms with van der Waals surface area (Å²) in [5.41, 5.74) is 3.64. The van der Waals surface area contributed by atoms with Gasteiger partial charge in [0.05, 0.1) is 5.25 Å². The number of nitrogens with one attached hydrogen (secondary N) is 2. The zero-order valence-electron chi connectivity index (χ0n) is 11.2. The molecule has 2 aromatic rings. The fourth-order valence-corrected chi connectivity index (χ4v) is 3.08. The lowest BCUT2D eigenvalue weighted by Gasteiger charge is -2.11. The molecular formula is C14H16N4OS. The van der Waals surface area contributed by atoms with Crippen molar-refractivity contribution in [2.75, 3.05) is 5.32 Å². The van der Waals surface area contributed by atoms with E-state index in [-0.39, 0.29) is 11.2 Å². The molecule has 6 heteroatoms. The Morgan fingerprint density at radius 1 is 1.40 bits per heavy atom. The maximum Gasteiger partial charge on any atom is 0.237 e. The summed E-state index contributed by atoms with van der Waals surface area (Å²) in [6.07, 6.45) is 4.92. The maximum absolute atomic E-state index is 12.1. The molecule has 2 N–H and O–H groups in total. The number of carbonyl (C=O) groups excluding carboxylic acids is 1. The molecule has 104 valence electrons. The molecular weight excluding hydrogens is 272 g/mol. The van der Waals surface area contributed by atoms with E-state index in [9.17, 15) is 4.79 Å². The first kappa shape index (κ1) is 13.2. The molecule has 0 aliphatic heterocycles. The number of hydrogen-bond donors (Lipinski definition) is 2. The number of anilines is 1. The lowest BCUT2D eigenvalue weighted by atomic mass is 10.1.